The highest BCUT2D eigenvalue weighted by molar-refractivity contribution is 9.10. The number of nitrogens with one attached hydrogen (secondary N) is 1. The third kappa shape index (κ3) is 4.51. The number of hydrogen-bond acceptors (Lipinski definition) is 5. The summed E-state index contributed by atoms with van der Waals surface area (Å²) < 4.78 is 2.39. The number of amides is 1. The first-order chi connectivity index (χ1) is 12.9. The fraction of sp³-hybridized carbons (Fsp3) is 0.222. The maximum atomic E-state index is 12.8. The standard InChI is InChI=1S/C18H16BrClN4O2S/c1-3-24-17(26)13-8-11(19)4-6-14(13)22-18(24)27-10(2)16(25)23-15-7-5-12(20)9-21-15/h4-10H,3H2,1-2H3,(H,21,23,25). The van der Waals surface area contributed by atoms with Gasteiger partial charge in [-0.2, -0.15) is 0 Å². The average Bonchev–Trinajstić information content (AvgIpc) is 2.64. The van der Waals surface area contributed by atoms with E-state index in [4.69, 9.17) is 11.6 Å². The summed E-state index contributed by atoms with van der Waals surface area (Å²) in [5.41, 5.74) is 0.473. The van der Waals surface area contributed by atoms with E-state index in [0.717, 1.165) is 4.47 Å². The van der Waals surface area contributed by atoms with Gasteiger partial charge in [0.25, 0.3) is 5.56 Å². The first-order valence-corrected chi connectivity index (χ1v) is 10.2. The van der Waals surface area contributed by atoms with Gasteiger partial charge >= 0.3 is 0 Å². The van der Waals surface area contributed by atoms with E-state index >= 15 is 0 Å². The molecule has 0 spiro atoms. The highest BCUT2D eigenvalue weighted by Crippen LogP contribution is 2.24. The van der Waals surface area contributed by atoms with Crippen molar-refractivity contribution in [1.82, 2.24) is 14.5 Å². The van der Waals surface area contributed by atoms with Gasteiger partial charge in [-0.25, -0.2) is 9.97 Å². The Morgan fingerprint density at radius 2 is 2.15 bits per heavy atom. The zero-order chi connectivity index (χ0) is 19.6. The number of thioether (sulfide) groups is 1. The molecule has 3 aromatic rings. The average molecular weight is 468 g/mol. The Bertz CT molecular complexity index is 1060. The van der Waals surface area contributed by atoms with Gasteiger partial charge in [-0.3, -0.25) is 14.2 Å². The number of nitrogens with zero attached hydrogens (tertiary/aromatic N) is 3. The summed E-state index contributed by atoms with van der Waals surface area (Å²) in [6.07, 6.45) is 1.47. The molecule has 27 heavy (non-hydrogen) atoms. The molecule has 0 saturated heterocycles. The summed E-state index contributed by atoms with van der Waals surface area (Å²) >= 11 is 10.4. The molecular formula is C18H16BrClN4O2S. The first-order valence-electron chi connectivity index (χ1n) is 8.18. The van der Waals surface area contributed by atoms with Crippen molar-refractivity contribution >= 4 is 61.9 Å². The van der Waals surface area contributed by atoms with Gasteiger partial charge in [-0.1, -0.05) is 39.3 Å². The molecule has 2 aromatic heterocycles. The number of aromatic nitrogens is 3. The van der Waals surface area contributed by atoms with Crippen molar-refractivity contribution in [1.29, 1.82) is 0 Å². The molecule has 1 unspecified atom stereocenters. The number of benzene rings is 1. The fourth-order valence-electron chi connectivity index (χ4n) is 2.43. The topological polar surface area (TPSA) is 76.9 Å². The minimum Gasteiger partial charge on any atom is -0.310 e. The van der Waals surface area contributed by atoms with Crippen molar-refractivity contribution in [2.24, 2.45) is 0 Å². The van der Waals surface area contributed by atoms with E-state index in [1.54, 1.807) is 35.8 Å². The molecule has 6 nitrogen and oxygen atoms in total. The van der Waals surface area contributed by atoms with Gasteiger partial charge in [0.15, 0.2) is 5.16 Å². The van der Waals surface area contributed by atoms with Crippen LogP contribution in [0.5, 0.6) is 0 Å². The van der Waals surface area contributed by atoms with Crippen LogP contribution in [0.4, 0.5) is 5.82 Å². The van der Waals surface area contributed by atoms with E-state index < -0.39 is 5.25 Å². The van der Waals surface area contributed by atoms with Gasteiger partial charge in [0.05, 0.1) is 21.2 Å². The molecule has 0 aliphatic heterocycles. The number of hydrogen-bond donors (Lipinski definition) is 1. The smallest absolute Gasteiger partial charge is 0.262 e. The molecule has 1 atom stereocenters. The molecule has 0 fully saturated rings. The van der Waals surface area contributed by atoms with Crippen LogP contribution in [0.1, 0.15) is 13.8 Å². The molecule has 1 amide bonds. The van der Waals surface area contributed by atoms with E-state index in [2.05, 4.69) is 31.2 Å². The fourth-order valence-corrected chi connectivity index (χ4v) is 3.88. The second-order valence-corrected chi connectivity index (χ2v) is 8.38. The number of fused-ring (bicyclic) bond motifs is 1. The first kappa shape index (κ1) is 19.9. The lowest BCUT2D eigenvalue weighted by Gasteiger charge is -2.15. The molecular weight excluding hydrogens is 452 g/mol. The number of rotatable bonds is 5. The van der Waals surface area contributed by atoms with Gasteiger partial charge in [-0.05, 0) is 44.2 Å². The van der Waals surface area contributed by atoms with Crippen LogP contribution in [0.15, 0.2) is 51.0 Å². The van der Waals surface area contributed by atoms with Crippen LogP contribution >= 0.6 is 39.3 Å². The molecule has 3 rings (SSSR count). The van der Waals surface area contributed by atoms with Crippen molar-refractivity contribution in [2.45, 2.75) is 30.8 Å². The van der Waals surface area contributed by atoms with E-state index in [9.17, 15) is 9.59 Å². The summed E-state index contributed by atoms with van der Waals surface area (Å²) in [6.45, 7) is 4.09. The zero-order valence-corrected chi connectivity index (χ0v) is 17.7. The molecule has 0 aliphatic rings. The predicted octanol–water partition coefficient (Wildman–Crippen LogP) is 4.35. The maximum Gasteiger partial charge on any atom is 0.262 e. The largest absolute Gasteiger partial charge is 0.310 e. The van der Waals surface area contributed by atoms with Gasteiger partial charge in [0.1, 0.15) is 5.82 Å². The molecule has 0 aliphatic carbocycles. The Hall–Kier alpha value is -1.90. The van der Waals surface area contributed by atoms with Crippen molar-refractivity contribution in [2.75, 3.05) is 5.32 Å². The number of carbonyl (C=O) groups excluding carboxylic acids is 1. The summed E-state index contributed by atoms with van der Waals surface area (Å²) in [4.78, 5) is 33.9. The molecule has 1 aromatic carbocycles. The van der Waals surface area contributed by atoms with E-state index in [-0.39, 0.29) is 11.5 Å². The van der Waals surface area contributed by atoms with Gasteiger partial charge < -0.3 is 5.32 Å². The quantitative estimate of drug-likeness (QED) is 0.446. The molecule has 2 heterocycles. The van der Waals surface area contributed by atoms with Crippen LogP contribution in [0.2, 0.25) is 5.02 Å². The Morgan fingerprint density at radius 1 is 1.37 bits per heavy atom. The minimum atomic E-state index is -0.472. The number of halogens is 2. The molecule has 0 bridgehead atoms. The second-order valence-electron chi connectivity index (χ2n) is 5.72. The minimum absolute atomic E-state index is 0.127. The lowest BCUT2D eigenvalue weighted by molar-refractivity contribution is -0.115. The monoisotopic (exact) mass is 466 g/mol. The maximum absolute atomic E-state index is 12.8. The van der Waals surface area contributed by atoms with Gasteiger partial charge in [-0.15, -0.1) is 0 Å². The lowest BCUT2D eigenvalue weighted by Crippen LogP contribution is -2.26. The zero-order valence-electron chi connectivity index (χ0n) is 14.6. The second kappa shape index (κ2) is 8.41. The molecule has 0 radical (unpaired) electrons. The third-order valence-corrected chi connectivity index (χ3v) is 5.63. The molecule has 140 valence electrons. The summed E-state index contributed by atoms with van der Waals surface area (Å²) in [7, 11) is 0. The van der Waals surface area contributed by atoms with Gasteiger partial charge in [0.2, 0.25) is 5.91 Å². The normalized spacial score (nSPS) is 12.1. The van der Waals surface area contributed by atoms with Crippen molar-refractivity contribution in [3.05, 3.63) is 56.4 Å². The van der Waals surface area contributed by atoms with Crippen molar-refractivity contribution in [3.8, 4) is 0 Å². The highest BCUT2D eigenvalue weighted by atomic mass is 79.9. The Morgan fingerprint density at radius 3 is 2.81 bits per heavy atom. The Kier molecular flexibility index (Phi) is 6.18. The number of anilines is 1. The molecule has 9 heteroatoms. The highest BCUT2D eigenvalue weighted by Gasteiger charge is 2.19. The van der Waals surface area contributed by atoms with Crippen molar-refractivity contribution < 1.29 is 4.79 Å². The Labute approximate surface area is 173 Å². The third-order valence-electron chi connectivity index (χ3n) is 3.83. The van der Waals surface area contributed by atoms with E-state index in [0.29, 0.717) is 33.4 Å². The van der Waals surface area contributed by atoms with Crippen LogP contribution in [0.3, 0.4) is 0 Å². The SMILES string of the molecule is CCn1c(SC(C)C(=O)Nc2ccc(Cl)cn2)nc2ccc(Br)cc2c1=O. The summed E-state index contributed by atoms with van der Waals surface area (Å²) in [5.74, 6) is 0.184. The van der Waals surface area contributed by atoms with E-state index in [1.165, 1.54) is 18.0 Å². The number of carbonyl (C=O) groups is 1. The van der Waals surface area contributed by atoms with Crippen LogP contribution in [-0.2, 0) is 11.3 Å². The Balaban J connectivity index is 1.86. The molecule has 0 saturated carbocycles. The van der Waals surface area contributed by atoms with E-state index in [1.807, 2.05) is 13.0 Å². The van der Waals surface area contributed by atoms with Gasteiger partial charge in [0, 0.05) is 17.2 Å². The van der Waals surface area contributed by atoms with Crippen LogP contribution in [0, 0.1) is 0 Å². The van der Waals surface area contributed by atoms with Crippen LogP contribution in [0.25, 0.3) is 10.9 Å². The predicted molar refractivity (Wildman–Crippen MR) is 113 cm³/mol. The van der Waals surface area contributed by atoms with Crippen LogP contribution in [-0.4, -0.2) is 25.7 Å². The van der Waals surface area contributed by atoms with Crippen molar-refractivity contribution in [3.63, 3.8) is 0 Å². The van der Waals surface area contributed by atoms with Crippen LogP contribution < -0.4 is 10.9 Å². The lowest BCUT2D eigenvalue weighted by atomic mass is 10.2. The molecule has 1 N–H and O–H groups in total. The number of pyridine rings is 1. The summed E-state index contributed by atoms with van der Waals surface area (Å²) in [6, 6.07) is 8.66. The summed E-state index contributed by atoms with van der Waals surface area (Å²) in [5, 5.41) is 3.80.